The fraction of sp³-hybridized carbons (Fsp3) is 0.800. The third kappa shape index (κ3) is 2.09. The summed E-state index contributed by atoms with van der Waals surface area (Å²) in [7, 11) is 0. The van der Waals surface area contributed by atoms with E-state index in [0.717, 1.165) is 31.5 Å². The Kier molecular flexibility index (Phi) is 3.42. The standard InChI is InChI=1S/C15H25N3/c1-3-12-5-4-6-13(9-12)18-11(2)17-14-10-16-8-7-15(14)18/h12-13,16H,3-10H2,1-2H3. The lowest BCUT2D eigenvalue weighted by Crippen LogP contribution is -2.27. The minimum Gasteiger partial charge on any atom is -0.329 e. The zero-order valence-electron chi connectivity index (χ0n) is 11.7. The van der Waals surface area contributed by atoms with Gasteiger partial charge in [0.2, 0.25) is 0 Å². The molecule has 100 valence electrons. The number of nitrogens with zero attached hydrogens (tertiary/aromatic N) is 2. The van der Waals surface area contributed by atoms with Crippen LogP contribution in [0.2, 0.25) is 0 Å². The number of rotatable bonds is 2. The summed E-state index contributed by atoms with van der Waals surface area (Å²) < 4.78 is 2.58. The second-order valence-corrected chi connectivity index (χ2v) is 5.94. The number of aromatic nitrogens is 2. The lowest BCUT2D eigenvalue weighted by Gasteiger charge is -2.32. The van der Waals surface area contributed by atoms with Crippen molar-refractivity contribution in [3.63, 3.8) is 0 Å². The molecular weight excluding hydrogens is 222 g/mol. The Hall–Kier alpha value is -0.830. The summed E-state index contributed by atoms with van der Waals surface area (Å²) in [4.78, 5) is 4.78. The summed E-state index contributed by atoms with van der Waals surface area (Å²) in [5, 5.41) is 3.43. The van der Waals surface area contributed by atoms with Gasteiger partial charge >= 0.3 is 0 Å². The van der Waals surface area contributed by atoms with Gasteiger partial charge in [0, 0.05) is 31.2 Å². The molecular formula is C15H25N3. The Morgan fingerprint density at radius 1 is 1.39 bits per heavy atom. The van der Waals surface area contributed by atoms with Gasteiger partial charge in [0.1, 0.15) is 5.82 Å². The largest absolute Gasteiger partial charge is 0.329 e. The van der Waals surface area contributed by atoms with E-state index in [1.54, 1.807) is 0 Å². The van der Waals surface area contributed by atoms with Crippen LogP contribution < -0.4 is 5.32 Å². The summed E-state index contributed by atoms with van der Waals surface area (Å²) in [5.41, 5.74) is 2.82. The molecule has 3 nitrogen and oxygen atoms in total. The van der Waals surface area contributed by atoms with Crippen LogP contribution in [0.1, 0.15) is 62.3 Å². The summed E-state index contributed by atoms with van der Waals surface area (Å²) >= 11 is 0. The van der Waals surface area contributed by atoms with Gasteiger partial charge in [0.25, 0.3) is 0 Å². The van der Waals surface area contributed by atoms with Crippen LogP contribution in [0.5, 0.6) is 0 Å². The van der Waals surface area contributed by atoms with E-state index in [1.165, 1.54) is 49.3 Å². The van der Waals surface area contributed by atoms with Crippen molar-refractivity contribution in [2.75, 3.05) is 6.54 Å². The van der Waals surface area contributed by atoms with Crippen LogP contribution in [0.4, 0.5) is 0 Å². The second kappa shape index (κ2) is 5.04. The molecule has 1 saturated carbocycles. The molecule has 1 aliphatic heterocycles. The predicted molar refractivity (Wildman–Crippen MR) is 73.7 cm³/mol. The topological polar surface area (TPSA) is 29.9 Å². The normalized spacial score (nSPS) is 28.1. The molecule has 2 heterocycles. The number of aryl methyl sites for hydroxylation is 1. The molecule has 3 heteroatoms. The zero-order valence-corrected chi connectivity index (χ0v) is 11.7. The van der Waals surface area contributed by atoms with Crippen molar-refractivity contribution in [3.8, 4) is 0 Å². The van der Waals surface area contributed by atoms with Crippen molar-refractivity contribution in [1.82, 2.24) is 14.9 Å². The van der Waals surface area contributed by atoms with Gasteiger partial charge in [-0.05, 0) is 25.7 Å². The molecule has 0 saturated heterocycles. The molecule has 0 bridgehead atoms. The number of hydrogen-bond acceptors (Lipinski definition) is 2. The highest BCUT2D eigenvalue weighted by atomic mass is 15.1. The molecule has 2 atom stereocenters. The van der Waals surface area contributed by atoms with E-state index in [0.29, 0.717) is 0 Å². The molecule has 1 N–H and O–H groups in total. The van der Waals surface area contributed by atoms with Gasteiger partial charge in [-0.15, -0.1) is 0 Å². The third-order valence-electron chi connectivity index (χ3n) is 4.80. The Balaban J connectivity index is 1.89. The van der Waals surface area contributed by atoms with Crippen LogP contribution in [0, 0.1) is 12.8 Å². The average molecular weight is 247 g/mol. The third-order valence-corrected chi connectivity index (χ3v) is 4.80. The highest BCUT2D eigenvalue weighted by molar-refractivity contribution is 5.21. The average Bonchev–Trinajstić information content (AvgIpc) is 2.74. The minimum atomic E-state index is 0.720. The van der Waals surface area contributed by atoms with Gasteiger partial charge in [0.05, 0.1) is 5.69 Å². The first-order chi connectivity index (χ1) is 8.79. The van der Waals surface area contributed by atoms with Crippen molar-refractivity contribution < 1.29 is 0 Å². The van der Waals surface area contributed by atoms with Crippen LogP contribution in [0.15, 0.2) is 0 Å². The minimum absolute atomic E-state index is 0.720. The zero-order chi connectivity index (χ0) is 12.5. The Morgan fingerprint density at radius 3 is 3.11 bits per heavy atom. The van der Waals surface area contributed by atoms with Gasteiger partial charge in [0.15, 0.2) is 0 Å². The fourth-order valence-corrected chi connectivity index (χ4v) is 3.82. The molecule has 0 amide bonds. The lowest BCUT2D eigenvalue weighted by molar-refractivity contribution is 0.254. The highest BCUT2D eigenvalue weighted by Gasteiger charge is 2.27. The predicted octanol–water partition coefficient (Wildman–Crippen LogP) is 2.98. The molecule has 1 fully saturated rings. The van der Waals surface area contributed by atoms with Crippen molar-refractivity contribution in [2.24, 2.45) is 5.92 Å². The van der Waals surface area contributed by atoms with Crippen LogP contribution in [0.3, 0.4) is 0 Å². The molecule has 1 aromatic heterocycles. The summed E-state index contributed by atoms with van der Waals surface area (Å²) in [6.07, 6.45) is 8.05. The van der Waals surface area contributed by atoms with Crippen LogP contribution >= 0.6 is 0 Å². The van der Waals surface area contributed by atoms with Gasteiger partial charge < -0.3 is 9.88 Å². The number of nitrogens with one attached hydrogen (secondary N) is 1. The molecule has 1 aromatic rings. The van der Waals surface area contributed by atoms with Crippen molar-refractivity contribution in [2.45, 2.75) is 65.0 Å². The van der Waals surface area contributed by atoms with E-state index in [4.69, 9.17) is 4.98 Å². The molecule has 2 aliphatic rings. The monoisotopic (exact) mass is 247 g/mol. The Labute approximate surface area is 110 Å². The van der Waals surface area contributed by atoms with E-state index in [1.807, 2.05) is 0 Å². The fourth-order valence-electron chi connectivity index (χ4n) is 3.82. The van der Waals surface area contributed by atoms with Crippen LogP contribution in [-0.2, 0) is 13.0 Å². The van der Waals surface area contributed by atoms with Crippen molar-refractivity contribution in [3.05, 3.63) is 17.2 Å². The smallest absolute Gasteiger partial charge is 0.106 e. The van der Waals surface area contributed by atoms with Gasteiger partial charge in [-0.2, -0.15) is 0 Å². The molecule has 0 spiro atoms. The number of imidazole rings is 1. The number of hydrogen-bond donors (Lipinski definition) is 1. The molecule has 0 aromatic carbocycles. The van der Waals surface area contributed by atoms with E-state index in [-0.39, 0.29) is 0 Å². The SMILES string of the molecule is CCC1CCCC(n2c(C)nc3c2CCNC3)C1. The van der Waals surface area contributed by atoms with Crippen molar-refractivity contribution >= 4 is 0 Å². The summed E-state index contributed by atoms with van der Waals surface area (Å²) in [5.74, 6) is 2.17. The molecule has 18 heavy (non-hydrogen) atoms. The molecule has 1 aliphatic carbocycles. The first-order valence-electron chi connectivity index (χ1n) is 7.57. The maximum atomic E-state index is 4.78. The molecule has 2 unspecified atom stereocenters. The van der Waals surface area contributed by atoms with Crippen LogP contribution in [-0.4, -0.2) is 16.1 Å². The Bertz CT molecular complexity index is 422. The van der Waals surface area contributed by atoms with Gasteiger partial charge in [-0.3, -0.25) is 0 Å². The first-order valence-corrected chi connectivity index (χ1v) is 7.57. The highest BCUT2D eigenvalue weighted by Crippen LogP contribution is 2.36. The van der Waals surface area contributed by atoms with E-state index < -0.39 is 0 Å². The summed E-state index contributed by atoms with van der Waals surface area (Å²) in [6.45, 7) is 6.61. The maximum Gasteiger partial charge on any atom is 0.106 e. The maximum absolute atomic E-state index is 4.78. The first kappa shape index (κ1) is 12.2. The number of fused-ring (bicyclic) bond motifs is 1. The lowest BCUT2D eigenvalue weighted by atomic mass is 9.84. The second-order valence-electron chi connectivity index (χ2n) is 5.94. The molecule has 0 radical (unpaired) electrons. The Morgan fingerprint density at radius 2 is 2.28 bits per heavy atom. The quantitative estimate of drug-likeness (QED) is 0.870. The van der Waals surface area contributed by atoms with Crippen molar-refractivity contribution in [1.29, 1.82) is 0 Å². The van der Waals surface area contributed by atoms with Crippen LogP contribution in [0.25, 0.3) is 0 Å². The van der Waals surface area contributed by atoms with Gasteiger partial charge in [-0.25, -0.2) is 4.98 Å². The van der Waals surface area contributed by atoms with E-state index in [2.05, 4.69) is 23.7 Å². The van der Waals surface area contributed by atoms with Gasteiger partial charge in [-0.1, -0.05) is 26.2 Å². The molecule has 3 rings (SSSR count). The van der Waals surface area contributed by atoms with E-state index >= 15 is 0 Å². The summed E-state index contributed by atoms with van der Waals surface area (Å²) in [6, 6.07) is 0.720. The van der Waals surface area contributed by atoms with E-state index in [9.17, 15) is 0 Å².